The first-order valence-corrected chi connectivity index (χ1v) is 5.01. The number of hydrogen-bond acceptors (Lipinski definition) is 2. The van der Waals surface area contributed by atoms with Gasteiger partial charge in [0.15, 0.2) is 0 Å². The number of aromatic nitrogens is 1. The van der Waals surface area contributed by atoms with Crippen molar-refractivity contribution in [2.75, 3.05) is 0 Å². The molecule has 2 nitrogen and oxygen atoms in total. The van der Waals surface area contributed by atoms with Crippen LogP contribution in [0.1, 0.15) is 16.8 Å². The second-order valence-electron chi connectivity index (χ2n) is 3.78. The molecule has 0 bridgehead atoms. The lowest BCUT2D eigenvalue weighted by Gasteiger charge is -2.12. The van der Waals surface area contributed by atoms with Crippen LogP contribution in [0.4, 0.5) is 13.2 Å². The normalized spacial score (nSPS) is 12.1. The van der Waals surface area contributed by atoms with Crippen LogP contribution in [0.5, 0.6) is 0 Å². The molecular formula is C12H10F3NO. The molecule has 0 aliphatic carbocycles. The fourth-order valence-electron chi connectivity index (χ4n) is 1.82. The Hall–Kier alpha value is -1.62. The third-order valence-corrected chi connectivity index (χ3v) is 2.53. The fourth-order valence-corrected chi connectivity index (χ4v) is 1.82. The highest BCUT2D eigenvalue weighted by Gasteiger charge is 2.33. The highest BCUT2D eigenvalue weighted by Crippen LogP contribution is 2.34. The molecule has 0 amide bonds. The van der Waals surface area contributed by atoms with E-state index >= 15 is 0 Å². The SMILES string of the molecule is Cc1cc(CO)c2cccc(C(F)(F)F)c2n1. The molecule has 90 valence electrons. The molecule has 2 aromatic rings. The molecule has 1 N–H and O–H groups in total. The van der Waals surface area contributed by atoms with E-state index in [4.69, 9.17) is 5.11 Å². The lowest BCUT2D eigenvalue weighted by molar-refractivity contribution is -0.136. The van der Waals surface area contributed by atoms with Gasteiger partial charge in [-0.3, -0.25) is 4.98 Å². The Labute approximate surface area is 95.7 Å². The molecule has 1 aromatic heterocycles. The molecule has 5 heteroatoms. The van der Waals surface area contributed by atoms with Crippen molar-refractivity contribution < 1.29 is 18.3 Å². The van der Waals surface area contributed by atoms with E-state index in [9.17, 15) is 13.2 Å². The van der Waals surface area contributed by atoms with Crippen molar-refractivity contribution in [2.24, 2.45) is 0 Å². The third kappa shape index (κ3) is 2.10. The Kier molecular flexibility index (Phi) is 2.79. The molecule has 0 atom stereocenters. The van der Waals surface area contributed by atoms with Crippen LogP contribution in [0, 0.1) is 6.92 Å². The summed E-state index contributed by atoms with van der Waals surface area (Å²) in [6.07, 6.45) is -4.44. The van der Waals surface area contributed by atoms with Gasteiger partial charge in [0.25, 0.3) is 0 Å². The average molecular weight is 241 g/mol. The Morgan fingerprint density at radius 3 is 2.59 bits per heavy atom. The first kappa shape index (κ1) is 11.9. The summed E-state index contributed by atoms with van der Waals surface area (Å²) in [4.78, 5) is 3.92. The van der Waals surface area contributed by atoms with Gasteiger partial charge in [-0.15, -0.1) is 0 Å². The summed E-state index contributed by atoms with van der Waals surface area (Å²) in [5.41, 5.74) is 0.0364. The number of hydrogen-bond donors (Lipinski definition) is 1. The van der Waals surface area contributed by atoms with Gasteiger partial charge in [-0.2, -0.15) is 13.2 Å². The van der Waals surface area contributed by atoms with Crippen LogP contribution in [0.15, 0.2) is 24.3 Å². The maximum absolute atomic E-state index is 12.8. The number of fused-ring (bicyclic) bond motifs is 1. The predicted octanol–water partition coefficient (Wildman–Crippen LogP) is 3.05. The van der Waals surface area contributed by atoms with Crippen LogP contribution in [-0.2, 0) is 12.8 Å². The van der Waals surface area contributed by atoms with Crippen molar-refractivity contribution in [2.45, 2.75) is 19.7 Å². The van der Waals surface area contributed by atoms with Gasteiger partial charge in [-0.25, -0.2) is 0 Å². The zero-order chi connectivity index (χ0) is 12.6. The van der Waals surface area contributed by atoms with Crippen molar-refractivity contribution in [3.63, 3.8) is 0 Å². The van der Waals surface area contributed by atoms with Gasteiger partial charge >= 0.3 is 6.18 Å². The molecule has 0 saturated heterocycles. The zero-order valence-corrected chi connectivity index (χ0v) is 9.04. The molecular weight excluding hydrogens is 231 g/mol. The third-order valence-electron chi connectivity index (χ3n) is 2.53. The molecule has 0 aliphatic rings. The lowest BCUT2D eigenvalue weighted by Crippen LogP contribution is -2.07. The summed E-state index contributed by atoms with van der Waals surface area (Å²) in [7, 11) is 0. The van der Waals surface area contributed by atoms with E-state index in [1.54, 1.807) is 13.0 Å². The van der Waals surface area contributed by atoms with Gasteiger partial charge in [-0.05, 0) is 24.6 Å². The van der Waals surface area contributed by atoms with Gasteiger partial charge < -0.3 is 5.11 Å². The summed E-state index contributed by atoms with van der Waals surface area (Å²) in [5.74, 6) is 0. The first-order chi connectivity index (χ1) is 7.93. The van der Waals surface area contributed by atoms with Crippen molar-refractivity contribution in [1.82, 2.24) is 4.98 Å². The monoisotopic (exact) mass is 241 g/mol. The zero-order valence-electron chi connectivity index (χ0n) is 9.04. The van der Waals surface area contributed by atoms with Crippen molar-refractivity contribution in [1.29, 1.82) is 0 Å². The van der Waals surface area contributed by atoms with Crippen molar-refractivity contribution >= 4 is 10.9 Å². The second-order valence-corrected chi connectivity index (χ2v) is 3.78. The van der Waals surface area contributed by atoms with Gasteiger partial charge in [0, 0.05) is 11.1 Å². The van der Waals surface area contributed by atoms with E-state index in [0.29, 0.717) is 16.6 Å². The van der Waals surface area contributed by atoms with Crippen LogP contribution >= 0.6 is 0 Å². The van der Waals surface area contributed by atoms with Crippen LogP contribution < -0.4 is 0 Å². The maximum atomic E-state index is 12.8. The van der Waals surface area contributed by atoms with E-state index in [2.05, 4.69) is 4.98 Å². The molecule has 0 radical (unpaired) electrons. The van der Waals surface area contributed by atoms with Crippen molar-refractivity contribution in [3.8, 4) is 0 Å². The van der Waals surface area contributed by atoms with Gasteiger partial charge in [0.05, 0.1) is 17.7 Å². The standard InChI is InChI=1S/C12H10F3NO/c1-7-5-8(6-17)9-3-2-4-10(11(9)16-7)12(13,14)15/h2-5,17H,6H2,1H3. The van der Waals surface area contributed by atoms with Gasteiger partial charge in [-0.1, -0.05) is 12.1 Å². The number of aliphatic hydroxyl groups is 1. The number of aliphatic hydroxyl groups excluding tert-OH is 1. The average Bonchev–Trinajstić information content (AvgIpc) is 2.25. The number of nitrogens with zero attached hydrogens (tertiary/aromatic N) is 1. The quantitative estimate of drug-likeness (QED) is 0.832. The molecule has 0 aliphatic heterocycles. The summed E-state index contributed by atoms with van der Waals surface area (Å²) < 4.78 is 38.3. The maximum Gasteiger partial charge on any atom is 0.418 e. The Bertz CT molecular complexity index is 563. The number of halogens is 3. The largest absolute Gasteiger partial charge is 0.418 e. The highest BCUT2D eigenvalue weighted by molar-refractivity contribution is 5.85. The summed E-state index contributed by atoms with van der Waals surface area (Å²) in [5, 5.41) is 9.49. The smallest absolute Gasteiger partial charge is 0.392 e. The predicted molar refractivity (Wildman–Crippen MR) is 57.4 cm³/mol. The number of rotatable bonds is 1. The number of aryl methyl sites for hydroxylation is 1. The number of alkyl halides is 3. The number of benzene rings is 1. The van der Waals surface area contributed by atoms with E-state index in [1.165, 1.54) is 12.1 Å². The first-order valence-electron chi connectivity index (χ1n) is 5.01. The topological polar surface area (TPSA) is 33.1 Å². The molecule has 17 heavy (non-hydrogen) atoms. The number of pyridine rings is 1. The summed E-state index contributed by atoms with van der Waals surface area (Å²) in [6.45, 7) is 1.30. The van der Waals surface area contributed by atoms with E-state index in [0.717, 1.165) is 6.07 Å². The van der Waals surface area contributed by atoms with Crippen LogP contribution in [0.3, 0.4) is 0 Å². The highest BCUT2D eigenvalue weighted by atomic mass is 19.4. The molecule has 2 rings (SSSR count). The van der Waals surface area contributed by atoms with E-state index in [1.807, 2.05) is 0 Å². The molecule has 0 unspecified atom stereocenters. The Morgan fingerprint density at radius 2 is 2.00 bits per heavy atom. The lowest BCUT2D eigenvalue weighted by atomic mass is 10.0. The molecule has 0 spiro atoms. The molecule has 1 heterocycles. The van der Waals surface area contributed by atoms with E-state index < -0.39 is 11.7 Å². The summed E-state index contributed by atoms with van der Waals surface area (Å²) >= 11 is 0. The summed E-state index contributed by atoms with van der Waals surface area (Å²) in [6, 6.07) is 5.43. The molecule has 0 saturated carbocycles. The second kappa shape index (κ2) is 4.00. The van der Waals surface area contributed by atoms with Crippen LogP contribution in [-0.4, -0.2) is 10.1 Å². The molecule has 1 aromatic carbocycles. The van der Waals surface area contributed by atoms with Crippen molar-refractivity contribution in [3.05, 3.63) is 41.1 Å². The Morgan fingerprint density at radius 1 is 1.29 bits per heavy atom. The minimum Gasteiger partial charge on any atom is -0.392 e. The fraction of sp³-hybridized carbons (Fsp3) is 0.250. The van der Waals surface area contributed by atoms with E-state index in [-0.39, 0.29) is 12.1 Å². The van der Waals surface area contributed by atoms with Crippen LogP contribution in [0.25, 0.3) is 10.9 Å². The van der Waals surface area contributed by atoms with Gasteiger partial charge in [0.2, 0.25) is 0 Å². The minimum atomic E-state index is -4.44. The van der Waals surface area contributed by atoms with Crippen LogP contribution in [0.2, 0.25) is 0 Å². The Balaban J connectivity index is 2.85. The van der Waals surface area contributed by atoms with Gasteiger partial charge in [0.1, 0.15) is 0 Å². The minimum absolute atomic E-state index is 0.107. The number of para-hydroxylation sites is 1. The molecule has 0 fully saturated rings.